The van der Waals surface area contributed by atoms with Gasteiger partial charge in [0, 0.05) is 17.4 Å². The zero-order valence-electron chi connectivity index (χ0n) is 15.1. The number of hydrogen-bond donors (Lipinski definition) is 0. The lowest BCUT2D eigenvalue weighted by molar-refractivity contribution is -0.141. The first-order valence-corrected chi connectivity index (χ1v) is 10.1. The molecule has 4 rings (SSSR count). The monoisotopic (exact) mass is 397 g/mol. The molecule has 0 spiro atoms. The molecule has 0 amide bonds. The van der Waals surface area contributed by atoms with E-state index in [1.807, 2.05) is 48.5 Å². The first kappa shape index (κ1) is 18.4. The molecule has 0 fully saturated rings. The van der Waals surface area contributed by atoms with Crippen LogP contribution in [0.3, 0.4) is 0 Å². The van der Waals surface area contributed by atoms with Gasteiger partial charge >= 0.3 is 5.97 Å². The summed E-state index contributed by atoms with van der Waals surface area (Å²) in [6, 6.07) is 17.3. The van der Waals surface area contributed by atoms with Gasteiger partial charge in [0.1, 0.15) is 25.5 Å². The minimum atomic E-state index is -0.273. The van der Waals surface area contributed by atoms with Crippen LogP contribution in [0.15, 0.2) is 59.1 Å². The first-order valence-electron chi connectivity index (χ1n) is 8.91. The van der Waals surface area contributed by atoms with Crippen LogP contribution in [0.25, 0.3) is 11.3 Å². The second-order valence-corrected chi connectivity index (χ2v) is 7.17. The van der Waals surface area contributed by atoms with Crippen LogP contribution in [0.2, 0.25) is 0 Å². The van der Waals surface area contributed by atoms with Crippen LogP contribution in [0, 0.1) is 0 Å². The number of aromatic nitrogens is 1. The normalized spacial score (nSPS) is 12.6. The van der Waals surface area contributed by atoms with Gasteiger partial charge in [0.2, 0.25) is 0 Å². The van der Waals surface area contributed by atoms with Gasteiger partial charge in [-0.05, 0) is 23.8 Å². The van der Waals surface area contributed by atoms with Crippen LogP contribution in [-0.2, 0) is 21.9 Å². The van der Waals surface area contributed by atoms with Crippen molar-refractivity contribution >= 4 is 17.7 Å². The third-order valence-corrected chi connectivity index (χ3v) is 5.08. The predicted octanol–water partition coefficient (Wildman–Crippen LogP) is 4.09. The number of thioether (sulfide) groups is 1. The molecule has 6 nitrogen and oxygen atoms in total. The van der Waals surface area contributed by atoms with E-state index in [1.54, 1.807) is 6.07 Å². The van der Waals surface area contributed by atoms with Crippen LogP contribution in [-0.4, -0.2) is 30.1 Å². The molecule has 28 heavy (non-hydrogen) atoms. The lowest BCUT2D eigenvalue weighted by Crippen LogP contribution is -2.15. The topological polar surface area (TPSA) is 70.8 Å². The van der Waals surface area contributed by atoms with Gasteiger partial charge in [0.25, 0.3) is 0 Å². The van der Waals surface area contributed by atoms with E-state index in [2.05, 4.69) is 5.16 Å². The number of nitrogens with zero attached hydrogens (tertiary/aromatic N) is 1. The predicted molar refractivity (Wildman–Crippen MR) is 105 cm³/mol. The van der Waals surface area contributed by atoms with Crippen molar-refractivity contribution in [1.29, 1.82) is 0 Å². The van der Waals surface area contributed by atoms with E-state index >= 15 is 0 Å². The van der Waals surface area contributed by atoms with Crippen molar-refractivity contribution in [3.63, 3.8) is 0 Å². The summed E-state index contributed by atoms with van der Waals surface area (Å²) in [7, 11) is 0. The maximum atomic E-state index is 11.9. The van der Waals surface area contributed by atoms with Gasteiger partial charge in [-0.1, -0.05) is 35.5 Å². The Kier molecular flexibility index (Phi) is 5.82. The van der Waals surface area contributed by atoms with E-state index in [1.165, 1.54) is 17.3 Å². The van der Waals surface area contributed by atoms with Crippen LogP contribution in [0.5, 0.6) is 11.5 Å². The minimum absolute atomic E-state index is 0.0821. The second-order valence-electron chi connectivity index (χ2n) is 6.18. The molecule has 0 saturated carbocycles. The molecule has 3 aromatic rings. The maximum Gasteiger partial charge on any atom is 0.316 e. The average Bonchev–Trinajstić information content (AvgIpc) is 3.22. The maximum absolute atomic E-state index is 11.9. The summed E-state index contributed by atoms with van der Waals surface area (Å²) in [5, 5.41) is 3.97. The third-order valence-electron chi connectivity index (χ3n) is 4.10. The zero-order chi connectivity index (χ0) is 19.2. The third kappa shape index (κ3) is 4.67. The molecule has 0 N–H and O–H groups in total. The Balaban J connectivity index is 1.27. The second kappa shape index (κ2) is 8.84. The van der Waals surface area contributed by atoms with E-state index in [9.17, 15) is 4.79 Å². The molecule has 7 heteroatoms. The van der Waals surface area contributed by atoms with Crippen LogP contribution < -0.4 is 9.47 Å². The molecule has 2 heterocycles. The number of benzene rings is 2. The summed E-state index contributed by atoms with van der Waals surface area (Å²) >= 11 is 1.52. The van der Waals surface area contributed by atoms with Crippen LogP contribution >= 0.6 is 11.8 Å². The smallest absolute Gasteiger partial charge is 0.316 e. The summed E-state index contributed by atoms with van der Waals surface area (Å²) in [4.78, 5) is 11.9. The highest BCUT2D eigenvalue weighted by Gasteiger charge is 2.15. The Labute approximate surface area is 166 Å². The lowest BCUT2D eigenvalue weighted by Gasteiger charge is -2.18. The van der Waals surface area contributed by atoms with Crippen molar-refractivity contribution in [3.8, 4) is 22.8 Å². The van der Waals surface area contributed by atoms with E-state index < -0.39 is 0 Å². The van der Waals surface area contributed by atoms with Crippen molar-refractivity contribution in [3.05, 3.63) is 65.9 Å². The summed E-state index contributed by atoms with van der Waals surface area (Å²) in [5.41, 5.74) is 2.57. The van der Waals surface area contributed by atoms with Gasteiger partial charge in [0.15, 0.2) is 17.3 Å². The van der Waals surface area contributed by atoms with E-state index in [0.717, 1.165) is 17.1 Å². The van der Waals surface area contributed by atoms with Gasteiger partial charge in [-0.2, -0.15) is 0 Å². The molecule has 1 aliphatic heterocycles. The van der Waals surface area contributed by atoms with E-state index in [-0.39, 0.29) is 12.6 Å². The summed E-state index contributed by atoms with van der Waals surface area (Å²) in [6.45, 7) is 1.16. The molecule has 1 aromatic heterocycles. The highest BCUT2D eigenvalue weighted by molar-refractivity contribution is 7.99. The van der Waals surface area contributed by atoms with Crippen LogP contribution in [0.1, 0.15) is 11.3 Å². The summed E-state index contributed by atoms with van der Waals surface area (Å²) in [6.07, 6.45) is 0. The number of rotatable bonds is 7. The van der Waals surface area contributed by atoms with Crippen molar-refractivity contribution in [1.82, 2.24) is 5.16 Å². The Bertz CT molecular complexity index is 941. The number of carbonyl (C=O) groups is 1. The highest BCUT2D eigenvalue weighted by atomic mass is 32.2. The molecule has 0 atom stereocenters. The van der Waals surface area contributed by atoms with Gasteiger partial charge < -0.3 is 18.7 Å². The number of esters is 1. The molecule has 0 bridgehead atoms. The molecule has 2 aromatic carbocycles. The minimum Gasteiger partial charge on any atom is -0.486 e. The van der Waals surface area contributed by atoms with Crippen molar-refractivity contribution in [2.24, 2.45) is 0 Å². The largest absolute Gasteiger partial charge is 0.486 e. The molecule has 0 aliphatic carbocycles. The Morgan fingerprint density at radius 3 is 2.71 bits per heavy atom. The zero-order valence-corrected chi connectivity index (χ0v) is 15.9. The average molecular weight is 397 g/mol. The van der Waals surface area contributed by atoms with Crippen molar-refractivity contribution < 1.29 is 23.5 Å². The highest BCUT2D eigenvalue weighted by Crippen LogP contribution is 2.34. The quantitative estimate of drug-likeness (QED) is 0.556. The number of fused-ring (bicyclic) bond motifs is 1. The lowest BCUT2D eigenvalue weighted by atomic mass is 10.1. The number of hydrogen-bond acceptors (Lipinski definition) is 7. The molecular formula is C21H19NO5S. The van der Waals surface area contributed by atoms with Gasteiger partial charge in [-0.15, -0.1) is 11.8 Å². The van der Waals surface area contributed by atoms with Crippen molar-refractivity contribution in [2.75, 3.05) is 19.0 Å². The fraction of sp³-hybridized carbons (Fsp3) is 0.238. The fourth-order valence-corrected chi connectivity index (χ4v) is 3.52. The number of ether oxygens (including phenoxy) is 3. The summed E-state index contributed by atoms with van der Waals surface area (Å²) < 4.78 is 21.7. The SMILES string of the molecule is O=C(CSCc1ccccc1)OCc1cc(-c2ccc3c(c2)OCCO3)on1. The first-order chi connectivity index (χ1) is 13.8. The van der Waals surface area contributed by atoms with Crippen LogP contribution in [0.4, 0.5) is 0 Å². The Morgan fingerprint density at radius 2 is 1.86 bits per heavy atom. The molecule has 0 radical (unpaired) electrons. The summed E-state index contributed by atoms with van der Waals surface area (Å²) in [5.74, 6) is 2.78. The molecular weight excluding hydrogens is 378 g/mol. The number of carbonyl (C=O) groups excluding carboxylic acids is 1. The van der Waals surface area contributed by atoms with Gasteiger partial charge in [0.05, 0.1) is 5.75 Å². The Morgan fingerprint density at radius 1 is 1.04 bits per heavy atom. The molecule has 1 aliphatic rings. The molecule has 144 valence electrons. The molecule has 0 saturated heterocycles. The van der Waals surface area contributed by atoms with E-state index in [0.29, 0.717) is 36.2 Å². The van der Waals surface area contributed by atoms with Crippen molar-refractivity contribution in [2.45, 2.75) is 12.4 Å². The molecule has 0 unspecified atom stereocenters. The Hall–Kier alpha value is -2.93. The van der Waals surface area contributed by atoms with E-state index in [4.69, 9.17) is 18.7 Å². The fourth-order valence-electron chi connectivity index (χ4n) is 2.74. The van der Waals surface area contributed by atoms with Gasteiger partial charge in [-0.3, -0.25) is 4.79 Å². The van der Waals surface area contributed by atoms with Gasteiger partial charge in [-0.25, -0.2) is 0 Å². The standard InChI is InChI=1S/C21H19NO5S/c23-21(14-28-13-15-4-2-1-3-5-15)26-12-17-11-19(27-22-17)16-6-7-18-20(10-16)25-9-8-24-18/h1-7,10-11H,8-9,12-14H2.